The molecule has 0 bridgehead atoms. The first-order valence-corrected chi connectivity index (χ1v) is 11.1. The Labute approximate surface area is 177 Å². The summed E-state index contributed by atoms with van der Waals surface area (Å²) in [5, 5.41) is 12.2. The molecule has 7 nitrogen and oxygen atoms in total. The van der Waals surface area contributed by atoms with Gasteiger partial charge in [-0.1, -0.05) is 30.3 Å². The molecule has 10 heteroatoms. The molecule has 2 saturated heterocycles. The molecule has 2 aliphatic heterocycles. The Kier molecular flexibility index (Phi) is 8.40. The van der Waals surface area contributed by atoms with Gasteiger partial charge in [0, 0.05) is 25.6 Å². The lowest BCUT2D eigenvalue weighted by Gasteiger charge is -2.32. The van der Waals surface area contributed by atoms with E-state index in [4.69, 9.17) is 5.26 Å². The topological polar surface area (TPSA) is 93.5 Å². The zero-order valence-electron chi connectivity index (χ0n) is 16.0. The van der Waals surface area contributed by atoms with E-state index in [0.29, 0.717) is 25.9 Å². The third-order valence-corrected chi connectivity index (χ3v) is 7.15. The molecular formula is C19H26ClFN4O3S. The van der Waals surface area contributed by atoms with E-state index in [2.05, 4.69) is 5.32 Å². The fourth-order valence-electron chi connectivity index (χ4n) is 3.73. The van der Waals surface area contributed by atoms with Gasteiger partial charge in [-0.05, 0) is 18.4 Å². The van der Waals surface area contributed by atoms with Crippen LogP contribution in [-0.4, -0.2) is 68.0 Å². The smallest absolute Gasteiger partial charge is 0.237 e. The van der Waals surface area contributed by atoms with E-state index in [-0.39, 0.29) is 49.6 Å². The number of piperidine rings is 1. The Bertz CT molecular complexity index is 826. The minimum atomic E-state index is -3.37. The molecule has 2 aliphatic rings. The summed E-state index contributed by atoms with van der Waals surface area (Å²) in [6.45, 7) is 0.803. The van der Waals surface area contributed by atoms with Crippen molar-refractivity contribution in [2.45, 2.75) is 43.3 Å². The number of hydrogen-bond acceptors (Lipinski definition) is 5. The van der Waals surface area contributed by atoms with Crippen molar-refractivity contribution in [1.82, 2.24) is 14.5 Å². The number of amides is 1. The summed E-state index contributed by atoms with van der Waals surface area (Å²) in [6, 6.07) is 10.4. The van der Waals surface area contributed by atoms with Crippen molar-refractivity contribution in [3.05, 3.63) is 35.9 Å². The van der Waals surface area contributed by atoms with Crippen LogP contribution in [0.4, 0.5) is 4.39 Å². The molecule has 2 atom stereocenters. The molecule has 0 radical (unpaired) electrons. The molecule has 1 N–H and O–H groups in total. The zero-order valence-corrected chi connectivity index (χ0v) is 17.7. The number of nitriles is 1. The average Bonchev–Trinajstić information content (AvgIpc) is 3.08. The van der Waals surface area contributed by atoms with Crippen molar-refractivity contribution < 1.29 is 17.6 Å². The minimum Gasteiger partial charge on any atom is -0.323 e. The molecule has 160 valence electrons. The molecule has 0 saturated carbocycles. The lowest BCUT2D eigenvalue weighted by Crippen LogP contribution is -2.48. The van der Waals surface area contributed by atoms with Gasteiger partial charge in [0.1, 0.15) is 12.2 Å². The van der Waals surface area contributed by atoms with Crippen LogP contribution in [0.2, 0.25) is 0 Å². The zero-order chi connectivity index (χ0) is 20.1. The third kappa shape index (κ3) is 6.12. The number of likely N-dealkylation sites (tertiary alicyclic amines) is 1. The van der Waals surface area contributed by atoms with Gasteiger partial charge in [-0.2, -0.15) is 5.26 Å². The Balaban J connectivity index is 0.00000300. The first-order chi connectivity index (χ1) is 13.4. The van der Waals surface area contributed by atoms with E-state index < -0.39 is 22.2 Å². The van der Waals surface area contributed by atoms with Gasteiger partial charge in [-0.25, -0.2) is 17.1 Å². The second-order valence-electron chi connectivity index (χ2n) is 7.32. The predicted molar refractivity (Wildman–Crippen MR) is 110 cm³/mol. The van der Waals surface area contributed by atoms with E-state index in [0.717, 1.165) is 5.56 Å². The summed E-state index contributed by atoms with van der Waals surface area (Å²) in [4.78, 5) is 13.6. The van der Waals surface area contributed by atoms with Crippen LogP contribution in [0.1, 0.15) is 24.8 Å². The number of nitrogens with zero attached hydrogens (tertiary/aromatic N) is 3. The monoisotopic (exact) mass is 444 g/mol. The Morgan fingerprint density at radius 3 is 2.52 bits per heavy atom. The summed E-state index contributed by atoms with van der Waals surface area (Å²) in [7, 11) is -3.37. The number of sulfonamides is 1. The highest BCUT2D eigenvalue weighted by atomic mass is 35.5. The van der Waals surface area contributed by atoms with Crippen LogP contribution >= 0.6 is 12.4 Å². The molecule has 0 spiro atoms. The fraction of sp³-hybridized carbons (Fsp3) is 0.579. The lowest BCUT2D eigenvalue weighted by molar-refractivity contribution is -0.130. The largest absolute Gasteiger partial charge is 0.323 e. The summed E-state index contributed by atoms with van der Waals surface area (Å²) in [5.74, 6) is -0.301. The first-order valence-electron chi connectivity index (χ1n) is 9.47. The molecule has 1 aromatic carbocycles. The summed E-state index contributed by atoms with van der Waals surface area (Å²) >= 11 is 0. The lowest BCUT2D eigenvalue weighted by atomic mass is 10.1. The number of nitrogens with one attached hydrogen (secondary N) is 1. The van der Waals surface area contributed by atoms with Gasteiger partial charge >= 0.3 is 0 Å². The third-order valence-electron chi connectivity index (χ3n) is 5.30. The Hall–Kier alpha value is -1.73. The van der Waals surface area contributed by atoms with Crippen LogP contribution in [0.25, 0.3) is 0 Å². The maximum atomic E-state index is 13.4. The average molecular weight is 445 g/mol. The van der Waals surface area contributed by atoms with Gasteiger partial charge in [0.15, 0.2) is 0 Å². The number of benzene rings is 1. The van der Waals surface area contributed by atoms with Crippen LogP contribution in [0.3, 0.4) is 0 Å². The normalized spacial score (nSPS) is 23.4. The molecule has 1 aromatic rings. The molecule has 3 rings (SSSR count). The van der Waals surface area contributed by atoms with Gasteiger partial charge in [0.25, 0.3) is 0 Å². The molecule has 0 unspecified atom stereocenters. The first kappa shape index (κ1) is 23.5. The number of alkyl halides is 1. The van der Waals surface area contributed by atoms with Gasteiger partial charge in [0.05, 0.1) is 24.9 Å². The fourth-order valence-corrected chi connectivity index (χ4v) is 5.29. The molecule has 29 heavy (non-hydrogen) atoms. The van der Waals surface area contributed by atoms with Crippen molar-refractivity contribution in [2.24, 2.45) is 0 Å². The van der Waals surface area contributed by atoms with Crippen molar-refractivity contribution >= 4 is 28.3 Å². The van der Waals surface area contributed by atoms with Gasteiger partial charge in [-0.3, -0.25) is 4.79 Å². The van der Waals surface area contributed by atoms with Crippen LogP contribution in [0.5, 0.6) is 0 Å². The van der Waals surface area contributed by atoms with E-state index in [1.54, 1.807) is 12.1 Å². The minimum absolute atomic E-state index is 0. The highest BCUT2D eigenvalue weighted by Crippen LogP contribution is 2.20. The number of carbonyl (C=O) groups excluding carboxylic acids is 1. The Morgan fingerprint density at radius 2 is 1.90 bits per heavy atom. The van der Waals surface area contributed by atoms with Gasteiger partial charge in [0.2, 0.25) is 15.9 Å². The van der Waals surface area contributed by atoms with Crippen molar-refractivity contribution in [3.63, 3.8) is 0 Å². The SMILES string of the molecule is Cl.N#C[C@@H]1C[C@H](F)CN1C(=O)CNC1CCN(S(=O)(=O)Cc2ccccc2)CC1. The maximum Gasteiger partial charge on any atom is 0.237 e. The summed E-state index contributed by atoms with van der Waals surface area (Å²) in [5.41, 5.74) is 0.761. The van der Waals surface area contributed by atoms with Crippen LogP contribution < -0.4 is 5.32 Å². The van der Waals surface area contributed by atoms with E-state index in [9.17, 15) is 17.6 Å². The van der Waals surface area contributed by atoms with Gasteiger partial charge in [-0.15, -0.1) is 12.4 Å². The standard InChI is InChI=1S/C19H25FN4O3S.ClH/c20-16-10-18(11-21)24(13-16)19(25)12-22-17-6-8-23(9-7-17)28(26,27)14-15-4-2-1-3-5-15;/h1-5,16-18,22H,6-10,12-14H2;1H/t16-,18-;/m0./s1. The van der Waals surface area contributed by atoms with E-state index in [1.165, 1.54) is 9.21 Å². The number of halogens is 2. The molecule has 0 aromatic heterocycles. The van der Waals surface area contributed by atoms with Crippen LogP contribution in [0, 0.1) is 11.3 Å². The predicted octanol–water partition coefficient (Wildman–Crippen LogP) is 1.45. The maximum absolute atomic E-state index is 13.4. The number of hydrogen-bond donors (Lipinski definition) is 1. The molecular weight excluding hydrogens is 419 g/mol. The molecule has 2 fully saturated rings. The summed E-state index contributed by atoms with van der Waals surface area (Å²) in [6.07, 6.45) is 0.134. The second kappa shape index (κ2) is 10.3. The van der Waals surface area contributed by atoms with Crippen molar-refractivity contribution in [1.29, 1.82) is 5.26 Å². The molecule has 0 aliphatic carbocycles. The van der Waals surface area contributed by atoms with Gasteiger partial charge < -0.3 is 10.2 Å². The quantitative estimate of drug-likeness (QED) is 0.716. The summed E-state index contributed by atoms with van der Waals surface area (Å²) < 4.78 is 40.1. The second-order valence-corrected chi connectivity index (χ2v) is 9.29. The van der Waals surface area contributed by atoms with E-state index >= 15 is 0 Å². The number of rotatable bonds is 6. The van der Waals surface area contributed by atoms with Crippen LogP contribution in [0.15, 0.2) is 30.3 Å². The van der Waals surface area contributed by atoms with Crippen LogP contribution in [-0.2, 0) is 20.6 Å². The highest BCUT2D eigenvalue weighted by Gasteiger charge is 2.35. The van der Waals surface area contributed by atoms with E-state index in [1.807, 2.05) is 24.3 Å². The van der Waals surface area contributed by atoms with Crippen molar-refractivity contribution in [3.8, 4) is 6.07 Å². The van der Waals surface area contributed by atoms with Crippen molar-refractivity contribution in [2.75, 3.05) is 26.2 Å². The molecule has 2 heterocycles. The Morgan fingerprint density at radius 1 is 1.24 bits per heavy atom. The highest BCUT2D eigenvalue weighted by molar-refractivity contribution is 7.88. The molecule has 1 amide bonds. The number of carbonyl (C=O) groups is 1.